The fourth-order valence-corrected chi connectivity index (χ4v) is 5.06. The number of fused-ring (bicyclic) bond motifs is 5. The first-order valence-corrected chi connectivity index (χ1v) is 10.3. The maximum absolute atomic E-state index is 13.3. The fourth-order valence-electron chi connectivity index (χ4n) is 5.06. The summed E-state index contributed by atoms with van der Waals surface area (Å²) in [5.74, 6) is -1.14. The minimum Gasteiger partial charge on any atom is -0.504 e. The zero-order valence-corrected chi connectivity index (χ0v) is 16.6. The number of anilines is 1. The Morgan fingerprint density at radius 1 is 1.06 bits per heavy atom. The number of urea groups is 1. The summed E-state index contributed by atoms with van der Waals surface area (Å²) in [4.78, 5) is 44.4. The summed E-state index contributed by atoms with van der Waals surface area (Å²) in [5, 5.41) is 15.1. The standard InChI is InChI=1S/C23H22N4O4/c28-16-7-4-10-24-20(16)26-23(31)25-17(11-13-5-2-1-3-6-13)27-21(29)18-14-8-9-15(12-14)19(18)22(27)30/h1-10,14-15,17-19,28H,11-12H2,(H2,24,25,26,31). The first-order chi connectivity index (χ1) is 15.0. The molecule has 2 aliphatic carbocycles. The van der Waals surface area contributed by atoms with E-state index in [1.165, 1.54) is 17.2 Å². The van der Waals surface area contributed by atoms with Crippen molar-refractivity contribution in [3.05, 3.63) is 66.4 Å². The van der Waals surface area contributed by atoms with Gasteiger partial charge in [-0.05, 0) is 36.0 Å². The van der Waals surface area contributed by atoms with Crippen molar-refractivity contribution in [1.82, 2.24) is 15.2 Å². The summed E-state index contributed by atoms with van der Waals surface area (Å²) in [6.45, 7) is 0. The van der Waals surface area contributed by atoms with Crippen LogP contribution >= 0.6 is 0 Å². The number of benzene rings is 1. The van der Waals surface area contributed by atoms with Crippen LogP contribution in [0.15, 0.2) is 60.8 Å². The van der Waals surface area contributed by atoms with Crippen LogP contribution in [-0.2, 0) is 16.0 Å². The SMILES string of the molecule is O=C(Nc1ncccc1O)NC(Cc1ccccc1)N1C(=O)C2C3C=CC(C3)C2C1=O. The number of hydrogen-bond acceptors (Lipinski definition) is 5. The van der Waals surface area contributed by atoms with E-state index in [0.717, 1.165) is 12.0 Å². The molecule has 3 N–H and O–H groups in total. The molecule has 1 saturated carbocycles. The van der Waals surface area contributed by atoms with Crippen molar-refractivity contribution in [2.45, 2.75) is 19.0 Å². The molecule has 1 aromatic heterocycles. The van der Waals surface area contributed by atoms with Crippen LogP contribution in [0.4, 0.5) is 10.6 Å². The third kappa shape index (κ3) is 3.34. The van der Waals surface area contributed by atoms with Crippen molar-refractivity contribution >= 4 is 23.7 Å². The number of imide groups is 1. The second kappa shape index (κ2) is 7.54. The first kappa shape index (κ1) is 19.3. The van der Waals surface area contributed by atoms with Crippen molar-refractivity contribution in [2.75, 3.05) is 5.32 Å². The van der Waals surface area contributed by atoms with Crippen LogP contribution in [0.2, 0.25) is 0 Å². The molecule has 5 rings (SSSR count). The minimum absolute atomic E-state index is 0.00310. The van der Waals surface area contributed by atoms with Gasteiger partial charge in [0.1, 0.15) is 6.17 Å². The first-order valence-electron chi connectivity index (χ1n) is 10.3. The number of allylic oxidation sites excluding steroid dienone is 2. The number of nitrogens with zero attached hydrogens (tertiary/aromatic N) is 2. The van der Waals surface area contributed by atoms with Gasteiger partial charge < -0.3 is 10.4 Å². The lowest BCUT2D eigenvalue weighted by Gasteiger charge is -2.28. The molecule has 8 nitrogen and oxygen atoms in total. The van der Waals surface area contributed by atoms with Gasteiger partial charge in [0.2, 0.25) is 11.8 Å². The summed E-state index contributed by atoms with van der Waals surface area (Å²) >= 11 is 0. The van der Waals surface area contributed by atoms with Crippen LogP contribution in [0.3, 0.4) is 0 Å². The van der Waals surface area contributed by atoms with Crippen LogP contribution in [0.5, 0.6) is 5.75 Å². The monoisotopic (exact) mass is 418 g/mol. The number of carbonyl (C=O) groups excluding carboxylic acids is 3. The number of carbonyl (C=O) groups is 3. The Bertz CT molecular complexity index is 1040. The molecule has 4 amide bonds. The second-order valence-corrected chi connectivity index (χ2v) is 8.22. The number of hydrogen-bond donors (Lipinski definition) is 3. The van der Waals surface area contributed by atoms with Crippen LogP contribution in [0, 0.1) is 23.7 Å². The predicted molar refractivity (Wildman–Crippen MR) is 112 cm³/mol. The highest BCUT2D eigenvalue weighted by molar-refractivity contribution is 6.07. The quantitative estimate of drug-likeness (QED) is 0.510. The molecule has 158 valence electrons. The zero-order valence-electron chi connectivity index (χ0n) is 16.6. The third-order valence-corrected chi connectivity index (χ3v) is 6.40. The van der Waals surface area contributed by atoms with E-state index in [4.69, 9.17) is 0 Å². The van der Waals surface area contributed by atoms with Crippen LogP contribution in [-0.4, -0.2) is 39.0 Å². The highest BCUT2D eigenvalue weighted by atomic mass is 16.3. The Hall–Kier alpha value is -3.68. The van der Waals surface area contributed by atoms with Gasteiger partial charge in [0.05, 0.1) is 11.8 Å². The topological polar surface area (TPSA) is 112 Å². The van der Waals surface area contributed by atoms with Gasteiger partial charge in [0, 0.05) is 12.6 Å². The molecule has 5 atom stereocenters. The van der Waals surface area contributed by atoms with Crippen molar-refractivity contribution in [2.24, 2.45) is 23.7 Å². The van der Waals surface area contributed by atoms with E-state index in [1.807, 2.05) is 42.5 Å². The number of rotatable bonds is 5. The molecule has 2 fully saturated rings. The number of likely N-dealkylation sites (tertiary alicyclic amines) is 1. The third-order valence-electron chi connectivity index (χ3n) is 6.40. The summed E-state index contributed by atoms with van der Waals surface area (Å²) in [6, 6.07) is 11.7. The molecular weight excluding hydrogens is 396 g/mol. The molecule has 2 heterocycles. The van der Waals surface area contributed by atoms with Crippen molar-refractivity contribution in [1.29, 1.82) is 0 Å². The average Bonchev–Trinajstić information content (AvgIpc) is 3.44. The molecule has 0 spiro atoms. The van der Waals surface area contributed by atoms with Crippen LogP contribution in [0.1, 0.15) is 12.0 Å². The molecule has 1 aliphatic heterocycles. The van der Waals surface area contributed by atoms with Gasteiger partial charge in [-0.1, -0.05) is 42.5 Å². The second-order valence-electron chi connectivity index (χ2n) is 8.22. The Labute approximate surface area is 179 Å². The van der Waals surface area contributed by atoms with Crippen molar-refractivity contribution in [3.63, 3.8) is 0 Å². The molecule has 3 aliphatic rings. The van der Waals surface area contributed by atoms with Gasteiger partial charge in [-0.3, -0.25) is 19.8 Å². The Morgan fingerprint density at radius 3 is 2.39 bits per heavy atom. The number of aromatic nitrogens is 1. The molecule has 31 heavy (non-hydrogen) atoms. The smallest absolute Gasteiger partial charge is 0.322 e. The highest BCUT2D eigenvalue weighted by Crippen LogP contribution is 2.52. The predicted octanol–water partition coefficient (Wildman–Crippen LogP) is 2.28. The summed E-state index contributed by atoms with van der Waals surface area (Å²) in [7, 11) is 0. The van der Waals surface area contributed by atoms with E-state index in [1.54, 1.807) is 6.07 Å². The molecule has 5 unspecified atom stereocenters. The summed E-state index contributed by atoms with van der Waals surface area (Å²) in [6.07, 6.45) is 5.79. The Balaban J connectivity index is 1.40. The number of amides is 4. The van der Waals surface area contributed by atoms with E-state index in [2.05, 4.69) is 15.6 Å². The fraction of sp³-hybridized carbons (Fsp3) is 0.304. The summed E-state index contributed by atoms with van der Waals surface area (Å²) < 4.78 is 0. The maximum Gasteiger partial charge on any atom is 0.322 e. The maximum atomic E-state index is 13.3. The molecule has 1 saturated heterocycles. The van der Waals surface area contributed by atoms with Crippen LogP contribution in [0.25, 0.3) is 0 Å². The molecular formula is C23H22N4O4. The van der Waals surface area contributed by atoms with Crippen molar-refractivity contribution in [3.8, 4) is 5.75 Å². The van der Waals surface area contributed by atoms with E-state index in [9.17, 15) is 19.5 Å². The van der Waals surface area contributed by atoms with Crippen molar-refractivity contribution < 1.29 is 19.5 Å². The van der Waals surface area contributed by atoms with Gasteiger partial charge in [-0.2, -0.15) is 0 Å². The Morgan fingerprint density at radius 2 is 1.74 bits per heavy atom. The number of nitrogens with one attached hydrogen (secondary N) is 2. The lowest BCUT2D eigenvalue weighted by molar-refractivity contribution is -0.143. The van der Waals surface area contributed by atoms with E-state index in [0.29, 0.717) is 0 Å². The molecule has 0 radical (unpaired) electrons. The average molecular weight is 418 g/mol. The lowest BCUT2D eigenvalue weighted by atomic mass is 9.85. The minimum atomic E-state index is -0.849. The normalized spacial score (nSPS) is 26.8. The van der Waals surface area contributed by atoms with Gasteiger partial charge in [0.15, 0.2) is 11.6 Å². The molecule has 2 bridgehead atoms. The molecule has 8 heteroatoms. The zero-order chi connectivity index (χ0) is 21.5. The van der Waals surface area contributed by atoms with Gasteiger partial charge >= 0.3 is 6.03 Å². The largest absolute Gasteiger partial charge is 0.504 e. The van der Waals surface area contributed by atoms with E-state index < -0.39 is 12.2 Å². The lowest BCUT2D eigenvalue weighted by Crippen LogP contribution is -2.54. The number of aromatic hydroxyl groups is 1. The highest BCUT2D eigenvalue weighted by Gasteiger charge is 2.60. The summed E-state index contributed by atoms with van der Waals surface area (Å²) in [5.41, 5.74) is 0.882. The molecule has 2 aromatic rings. The van der Waals surface area contributed by atoms with Crippen LogP contribution < -0.4 is 10.6 Å². The van der Waals surface area contributed by atoms with Gasteiger partial charge in [-0.25, -0.2) is 9.78 Å². The van der Waals surface area contributed by atoms with Gasteiger partial charge in [0.25, 0.3) is 0 Å². The van der Waals surface area contributed by atoms with E-state index in [-0.39, 0.29) is 53.5 Å². The molecule has 1 aromatic carbocycles. The van der Waals surface area contributed by atoms with E-state index >= 15 is 0 Å². The Kier molecular flexibility index (Phi) is 4.69. The van der Waals surface area contributed by atoms with Gasteiger partial charge in [-0.15, -0.1) is 0 Å². The number of pyridine rings is 1.